The lowest BCUT2D eigenvalue weighted by Gasteiger charge is -2.36. The average Bonchev–Trinajstić information content (AvgIpc) is 2.46. The summed E-state index contributed by atoms with van der Waals surface area (Å²) in [4.78, 5) is 21.4. The van der Waals surface area contributed by atoms with E-state index in [9.17, 15) is 13.4 Å². The lowest BCUT2D eigenvalue weighted by Crippen LogP contribution is -2.48. The third kappa shape index (κ3) is 5.23. The highest BCUT2D eigenvalue weighted by molar-refractivity contribution is 7.84. The molecule has 0 aromatic carbocycles. The van der Waals surface area contributed by atoms with E-state index >= 15 is 0 Å². The summed E-state index contributed by atoms with van der Waals surface area (Å²) in [7, 11) is -1.49. The Kier molecular flexibility index (Phi) is 5.67. The first-order valence-electron chi connectivity index (χ1n) is 7.62. The number of piperidine rings is 1. The van der Waals surface area contributed by atoms with Gasteiger partial charge in [0, 0.05) is 12.6 Å². The zero-order valence-corrected chi connectivity index (χ0v) is 14.4. The van der Waals surface area contributed by atoms with E-state index in [0.717, 1.165) is 31.7 Å². The SMILES string of the molecule is CC(C)(C)OC(=O)N1CCCC[C@H]1C[S@@](=O)c1ncc(F)cn1. The van der Waals surface area contributed by atoms with Crippen LogP contribution < -0.4 is 0 Å². The van der Waals surface area contributed by atoms with E-state index in [0.29, 0.717) is 6.54 Å². The minimum atomic E-state index is -1.49. The molecule has 0 unspecified atom stereocenters. The van der Waals surface area contributed by atoms with Gasteiger partial charge in [-0.1, -0.05) is 0 Å². The van der Waals surface area contributed by atoms with Gasteiger partial charge in [0.25, 0.3) is 0 Å². The summed E-state index contributed by atoms with van der Waals surface area (Å²) >= 11 is 0. The molecule has 2 atom stereocenters. The third-order valence-corrected chi connectivity index (χ3v) is 4.70. The van der Waals surface area contributed by atoms with Crippen LogP contribution in [0.4, 0.5) is 9.18 Å². The van der Waals surface area contributed by atoms with Crippen molar-refractivity contribution >= 4 is 16.9 Å². The minimum absolute atomic E-state index is 0.0844. The maximum atomic E-state index is 12.8. The molecule has 1 fully saturated rings. The molecule has 8 heteroatoms. The average molecular weight is 343 g/mol. The number of hydrogen-bond acceptors (Lipinski definition) is 5. The molecule has 1 aromatic rings. The number of ether oxygens (including phenoxy) is 1. The highest BCUT2D eigenvalue weighted by Crippen LogP contribution is 2.22. The molecule has 0 bridgehead atoms. The molecule has 0 aliphatic carbocycles. The van der Waals surface area contributed by atoms with Gasteiger partial charge in [-0.25, -0.2) is 19.2 Å². The first-order valence-corrected chi connectivity index (χ1v) is 8.94. The van der Waals surface area contributed by atoms with E-state index < -0.39 is 22.2 Å². The van der Waals surface area contributed by atoms with Crippen LogP contribution in [0.15, 0.2) is 17.6 Å². The topological polar surface area (TPSA) is 72.4 Å². The number of aromatic nitrogens is 2. The van der Waals surface area contributed by atoms with Crippen molar-refractivity contribution < 1.29 is 18.1 Å². The van der Waals surface area contributed by atoms with E-state index in [1.165, 1.54) is 0 Å². The van der Waals surface area contributed by atoms with Gasteiger partial charge in [0.15, 0.2) is 5.82 Å². The van der Waals surface area contributed by atoms with E-state index in [1.54, 1.807) is 4.90 Å². The van der Waals surface area contributed by atoms with Crippen molar-refractivity contribution in [2.24, 2.45) is 0 Å². The molecule has 6 nitrogen and oxygen atoms in total. The second-order valence-corrected chi connectivity index (χ2v) is 7.91. The zero-order valence-electron chi connectivity index (χ0n) is 13.6. The molecule has 1 aromatic heterocycles. The van der Waals surface area contributed by atoms with Crippen LogP contribution in [-0.4, -0.2) is 49.1 Å². The van der Waals surface area contributed by atoms with Gasteiger partial charge in [-0.15, -0.1) is 0 Å². The van der Waals surface area contributed by atoms with Gasteiger partial charge in [-0.05, 0) is 40.0 Å². The number of hydrogen-bond donors (Lipinski definition) is 0. The summed E-state index contributed by atoms with van der Waals surface area (Å²) in [5.41, 5.74) is -0.571. The van der Waals surface area contributed by atoms with E-state index in [1.807, 2.05) is 20.8 Å². The van der Waals surface area contributed by atoms with Crippen molar-refractivity contribution in [3.05, 3.63) is 18.2 Å². The minimum Gasteiger partial charge on any atom is -0.444 e. The highest BCUT2D eigenvalue weighted by atomic mass is 32.2. The maximum Gasteiger partial charge on any atom is 0.410 e. The number of nitrogens with zero attached hydrogens (tertiary/aromatic N) is 3. The fourth-order valence-corrected chi connectivity index (χ4v) is 3.59. The summed E-state index contributed by atoms with van der Waals surface area (Å²) in [6, 6.07) is -0.187. The zero-order chi connectivity index (χ0) is 17.0. The number of carbonyl (C=O) groups excluding carboxylic acids is 1. The van der Waals surface area contributed by atoms with Gasteiger partial charge in [0.2, 0.25) is 5.16 Å². The molecule has 2 heterocycles. The Bertz CT molecular complexity index is 574. The summed E-state index contributed by atoms with van der Waals surface area (Å²) < 4.78 is 30.6. The smallest absolute Gasteiger partial charge is 0.410 e. The molecule has 1 amide bonds. The van der Waals surface area contributed by atoms with Gasteiger partial charge >= 0.3 is 6.09 Å². The molecule has 1 aliphatic rings. The standard InChI is InChI=1S/C15H22FN3O3S/c1-15(2,3)22-14(20)19-7-5-4-6-12(19)10-23(21)13-17-8-11(16)9-18-13/h8-9,12H,4-7,10H2,1-3H3/t12-,23+/m0/s1. The molecular weight excluding hydrogens is 321 g/mol. The Balaban J connectivity index is 2.04. The van der Waals surface area contributed by atoms with Gasteiger partial charge < -0.3 is 9.64 Å². The molecule has 0 N–H and O–H groups in total. The number of likely N-dealkylation sites (tertiary alicyclic amines) is 1. The fraction of sp³-hybridized carbons (Fsp3) is 0.667. The van der Waals surface area contributed by atoms with Gasteiger partial charge in [0.05, 0.1) is 28.9 Å². The van der Waals surface area contributed by atoms with Crippen molar-refractivity contribution in [3.8, 4) is 0 Å². The van der Waals surface area contributed by atoms with Crippen LogP contribution in [0.1, 0.15) is 40.0 Å². The summed E-state index contributed by atoms with van der Waals surface area (Å²) in [5.74, 6) is -0.343. The lowest BCUT2D eigenvalue weighted by atomic mass is 10.0. The van der Waals surface area contributed by atoms with Crippen LogP contribution in [0.5, 0.6) is 0 Å². The summed E-state index contributed by atoms with van der Waals surface area (Å²) in [5, 5.41) is 0.0844. The lowest BCUT2D eigenvalue weighted by molar-refractivity contribution is 0.0125. The van der Waals surface area contributed by atoms with E-state index in [2.05, 4.69) is 9.97 Å². The fourth-order valence-electron chi connectivity index (χ4n) is 2.40. The third-order valence-electron chi connectivity index (χ3n) is 3.40. The monoisotopic (exact) mass is 343 g/mol. The molecule has 0 saturated carbocycles. The summed E-state index contributed by atoms with van der Waals surface area (Å²) in [6.45, 7) is 6.03. The quantitative estimate of drug-likeness (QED) is 0.789. The predicted octanol–water partition coefficient (Wildman–Crippen LogP) is 2.51. The Hall–Kier alpha value is -1.57. The van der Waals surface area contributed by atoms with Crippen molar-refractivity contribution in [2.75, 3.05) is 12.3 Å². The van der Waals surface area contributed by atoms with Crippen LogP contribution in [-0.2, 0) is 15.5 Å². The van der Waals surface area contributed by atoms with E-state index in [4.69, 9.17) is 4.74 Å². The second-order valence-electron chi connectivity index (χ2n) is 6.52. The highest BCUT2D eigenvalue weighted by Gasteiger charge is 2.32. The van der Waals surface area contributed by atoms with Crippen LogP contribution in [0.25, 0.3) is 0 Å². The molecule has 0 spiro atoms. The largest absolute Gasteiger partial charge is 0.444 e. The van der Waals surface area contributed by atoms with Crippen LogP contribution in [0.2, 0.25) is 0 Å². The second kappa shape index (κ2) is 7.33. The van der Waals surface area contributed by atoms with Crippen LogP contribution in [0, 0.1) is 5.82 Å². The molecular formula is C15H22FN3O3S. The molecule has 2 rings (SSSR count). The first kappa shape index (κ1) is 17.8. The van der Waals surface area contributed by atoms with Crippen molar-refractivity contribution in [1.29, 1.82) is 0 Å². The Morgan fingerprint density at radius 1 is 1.39 bits per heavy atom. The Morgan fingerprint density at radius 3 is 2.65 bits per heavy atom. The molecule has 23 heavy (non-hydrogen) atoms. The van der Waals surface area contributed by atoms with Crippen molar-refractivity contribution in [1.82, 2.24) is 14.9 Å². The van der Waals surface area contributed by atoms with Crippen molar-refractivity contribution in [2.45, 2.75) is 56.8 Å². The van der Waals surface area contributed by atoms with Gasteiger partial charge in [-0.3, -0.25) is 4.21 Å². The summed E-state index contributed by atoms with van der Waals surface area (Å²) in [6.07, 6.45) is 4.21. The number of rotatable bonds is 3. The molecule has 0 radical (unpaired) electrons. The first-order chi connectivity index (χ1) is 10.8. The molecule has 1 saturated heterocycles. The Morgan fingerprint density at radius 2 is 2.04 bits per heavy atom. The molecule has 128 valence electrons. The normalized spacial score (nSPS) is 20.2. The van der Waals surface area contributed by atoms with E-state index in [-0.39, 0.29) is 23.0 Å². The Labute approximate surface area is 137 Å². The predicted molar refractivity (Wildman–Crippen MR) is 83.8 cm³/mol. The number of halogens is 1. The van der Waals surface area contributed by atoms with Crippen molar-refractivity contribution in [3.63, 3.8) is 0 Å². The van der Waals surface area contributed by atoms with Gasteiger partial charge in [-0.2, -0.15) is 0 Å². The number of carbonyl (C=O) groups is 1. The van der Waals surface area contributed by atoms with Crippen LogP contribution in [0.3, 0.4) is 0 Å². The molecule has 1 aliphatic heterocycles. The van der Waals surface area contributed by atoms with Crippen LogP contribution >= 0.6 is 0 Å². The number of amides is 1. The maximum absolute atomic E-state index is 12.8. The van der Waals surface area contributed by atoms with Gasteiger partial charge in [0.1, 0.15) is 5.60 Å².